The average Bonchev–Trinajstić information content (AvgIpc) is 2.70. The predicted octanol–water partition coefficient (Wildman–Crippen LogP) is 2.25. The number of rotatable bonds is 4. The van der Waals surface area contributed by atoms with E-state index in [1.165, 1.54) is 24.6 Å². The zero-order valence-corrected chi connectivity index (χ0v) is 12.5. The number of H-pyrrole nitrogens is 1. The Balaban J connectivity index is 1.90. The van der Waals surface area contributed by atoms with Crippen LogP contribution < -0.4 is 0 Å². The SMILES string of the molecule is CCc1nc(SC(C)C(=O)N2CCCCCC2)n[nH]1. The maximum atomic E-state index is 12.4. The molecule has 1 saturated heterocycles. The van der Waals surface area contributed by atoms with Gasteiger partial charge in [-0.2, -0.15) is 0 Å². The molecule has 0 bridgehead atoms. The molecule has 6 heteroatoms. The highest BCUT2D eigenvalue weighted by atomic mass is 32.2. The lowest BCUT2D eigenvalue weighted by Crippen LogP contribution is -2.37. The molecule has 19 heavy (non-hydrogen) atoms. The second-order valence-corrected chi connectivity index (χ2v) is 6.23. The lowest BCUT2D eigenvalue weighted by molar-refractivity contribution is -0.130. The van der Waals surface area contributed by atoms with Crippen LogP contribution in [-0.4, -0.2) is 44.3 Å². The number of aromatic nitrogens is 3. The van der Waals surface area contributed by atoms with Gasteiger partial charge in [-0.25, -0.2) is 4.98 Å². The van der Waals surface area contributed by atoms with Gasteiger partial charge in [-0.05, 0) is 19.8 Å². The lowest BCUT2D eigenvalue weighted by atomic mass is 10.2. The van der Waals surface area contributed by atoms with Crippen molar-refractivity contribution < 1.29 is 4.79 Å². The van der Waals surface area contributed by atoms with E-state index < -0.39 is 0 Å². The van der Waals surface area contributed by atoms with Crippen LogP contribution in [0.1, 0.15) is 45.4 Å². The minimum Gasteiger partial charge on any atom is -0.342 e. The van der Waals surface area contributed by atoms with Crippen molar-refractivity contribution in [3.05, 3.63) is 5.82 Å². The third kappa shape index (κ3) is 3.96. The molecule has 1 aliphatic rings. The number of thioether (sulfide) groups is 1. The molecule has 1 fully saturated rings. The maximum absolute atomic E-state index is 12.4. The molecule has 2 heterocycles. The molecular formula is C13H22N4OS. The number of aromatic amines is 1. The van der Waals surface area contributed by atoms with Gasteiger partial charge in [-0.1, -0.05) is 31.5 Å². The van der Waals surface area contributed by atoms with Gasteiger partial charge in [0.2, 0.25) is 11.1 Å². The summed E-state index contributed by atoms with van der Waals surface area (Å²) in [5.74, 6) is 1.09. The predicted molar refractivity (Wildman–Crippen MR) is 76.1 cm³/mol. The highest BCUT2D eigenvalue weighted by molar-refractivity contribution is 8.00. The van der Waals surface area contributed by atoms with E-state index in [1.807, 2.05) is 18.7 Å². The fourth-order valence-corrected chi connectivity index (χ4v) is 3.07. The fraction of sp³-hybridized carbons (Fsp3) is 0.769. The van der Waals surface area contributed by atoms with Gasteiger partial charge in [0, 0.05) is 19.5 Å². The first-order chi connectivity index (χ1) is 9.20. The normalized spacial score (nSPS) is 18.1. The number of hydrogen-bond donors (Lipinski definition) is 1. The van der Waals surface area contributed by atoms with Crippen molar-refractivity contribution in [2.45, 2.75) is 56.4 Å². The first-order valence-electron chi connectivity index (χ1n) is 7.07. The maximum Gasteiger partial charge on any atom is 0.235 e. The Hall–Kier alpha value is -1.04. The smallest absolute Gasteiger partial charge is 0.235 e. The lowest BCUT2D eigenvalue weighted by Gasteiger charge is -2.23. The Bertz CT molecular complexity index is 413. The Labute approximate surface area is 118 Å². The van der Waals surface area contributed by atoms with E-state index in [-0.39, 0.29) is 11.2 Å². The third-order valence-electron chi connectivity index (χ3n) is 3.39. The standard InChI is InChI=1S/C13H22N4OS/c1-3-11-14-13(16-15-11)19-10(2)12(18)17-8-6-4-5-7-9-17/h10H,3-9H2,1-2H3,(H,14,15,16). The molecule has 2 rings (SSSR count). The largest absolute Gasteiger partial charge is 0.342 e. The van der Waals surface area contributed by atoms with E-state index in [0.29, 0.717) is 5.16 Å². The molecule has 1 unspecified atom stereocenters. The minimum atomic E-state index is -0.112. The second-order valence-electron chi connectivity index (χ2n) is 4.92. The van der Waals surface area contributed by atoms with Gasteiger partial charge in [-0.3, -0.25) is 9.89 Å². The number of carbonyl (C=O) groups is 1. The molecule has 1 N–H and O–H groups in total. The first-order valence-corrected chi connectivity index (χ1v) is 7.95. The second kappa shape index (κ2) is 6.93. The molecule has 1 aromatic heterocycles. The molecule has 1 atom stereocenters. The highest BCUT2D eigenvalue weighted by Crippen LogP contribution is 2.22. The molecule has 1 amide bonds. The number of amides is 1. The number of carbonyl (C=O) groups excluding carboxylic acids is 1. The van der Waals surface area contributed by atoms with E-state index in [9.17, 15) is 4.79 Å². The number of likely N-dealkylation sites (tertiary alicyclic amines) is 1. The fourth-order valence-electron chi connectivity index (χ4n) is 2.25. The van der Waals surface area contributed by atoms with Crippen molar-refractivity contribution in [3.63, 3.8) is 0 Å². The Morgan fingerprint density at radius 3 is 2.63 bits per heavy atom. The topological polar surface area (TPSA) is 61.9 Å². The van der Waals surface area contributed by atoms with E-state index in [0.717, 1.165) is 38.2 Å². The highest BCUT2D eigenvalue weighted by Gasteiger charge is 2.23. The van der Waals surface area contributed by atoms with Crippen molar-refractivity contribution in [3.8, 4) is 0 Å². The number of nitrogens with zero attached hydrogens (tertiary/aromatic N) is 3. The quantitative estimate of drug-likeness (QED) is 0.860. The van der Waals surface area contributed by atoms with Crippen LogP contribution in [0.3, 0.4) is 0 Å². The molecular weight excluding hydrogens is 260 g/mol. The van der Waals surface area contributed by atoms with E-state index in [4.69, 9.17) is 0 Å². The van der Waals surface area contributed by atoms with Gasteiger partial charge in [-0.15, -0.1) is 5.10 Å². The first kappa shape index (κ1) is 14.4. The zero-order valence-electron chi connectivity index (χ0n) is 11.7. The summed E-state index contributed by atoms with van der Waals surface area (Å²) < 4.78 is 0. The van der Waals surface area contributed by atoms with Gasteiger partial charge in [0.05, 0.1) is 5.25 Å². The number of nitrogens with one attached hydrogen (secondary N) is 1. The molecule has 5 nitrogen and oxygen atoms in total. The Morgan fingerprint density at radius 2 is 2.05 bits per heavy atom. The minimum absolute atomic E-state index is 0.112. The van der Waals surface area contributed by atoms with Gasteiger partial charge >= 0.3 is 0 Å². The van der Waals surface area contributed by atoms with Gasteiger partial charge in [0.15, 0.2) is 0 Å². The average molecular weight is 282 g/mol. The van der Waals surface area contributed by atoms with Crippen LogP contribution in [0, 0.1) is 0 Å². The summed E-state index contributed by atoms with van der Waals surface area (Å²) in [5, 5.41) is 7.57. The molecule has 1 aromatic rings. The Kier molecular flexibility index (Phi) is 5.24. The van der Waals surface area contributed by atoms with Crippen molar-refractivity contribution in [2.75, 3.05) is 13.1 Å². The van der Waals surface area contributed by atoms with Crippen LogP contribution in [0.15, 0.2) is 5.16 Å². The molecule has 0 saturated carbocycles. The van der Waals surface area contributed by atoms with E-state index in [1.54, 1.807) is 0 Å². The summed E-state index contributed by atoms with van der Waals surface area (Å²) in [6.45, 7) is 5.77. The van der Waals surface area contributed by atoms with Gasteiger partial charge < -0.3 is 4.90 Å². The van der Waals surface area contributed by atoms with Crippen LogP contribution >= 0.6 is 11.8 Å². The molecule has 1 aliphatic heterocycles. The van der Waals surface area contributed by atoms with Crippen molar-refractivity contribution in [1.82, 2.24) is 20.1 Å². The zero-order chi connectivity index (χ0) is 13.7. The summed E-state index contributed by atoms with van der Waals surface area (Å²) in [6, 6.07) is 0. The summed E-state index contributed by atoms with van der Waals surface area (Å²) in [4.78, 5) is 18.7. The molecule has 0 aromatic carbocycles. The van der Waals surface area contributed by atoms with Gasteiger partial charge in [0.1, 0.15) is 5.82 Å². The number of aryl methyl sites for hydroxylation is 1. The van der Waals surface area contributed by atoms with E-state index >= 15 is 0 Å². The molecule has 0 aliphatic carbocycles. The van der Waals surface area contributed by atoms with Gasteiger partial charge in [0.25, 0.3) is 0 Å². The monoisotopic (exact) mass is 282 g/mol. The molecule has 0 radical (unpaired) electrons. The summed E-state index contributed by atoms with van der Waals surface area (Å²) >= 11 is 1.44. The van der Waals surface area contributed by atoms with Crippen molar-refractivity contribution in [1.29, 1.82) is 0 Å². The summed E-state index contributed by atoms with van der Waals surface area (Å²) in [7, 11) is 0. The summed E-state index contributed by atoms with van der Waals surface area (Å²) in [5.41, 5.74) is 0. The van der Waals surface area contributed by atoms with Crippen LogP contribution in [0.5, 0.6) is 0 Å². The molecule has 106 valence electrons. The van der Waals surface area contributed by atoms with Crippen LogP contribution in [-0.2, 0) is 11.2 Å². The van der Waals surface area contributed by atoms with Crippen LogP contribution in [0.25, 0.3) is 0 Å². The number of hydrogen-bond acceptors (Lipinski definition) is 4. The van der Waals surface area contributed by atoms with Crippen LogP contribution in [0.2, 0.25) is 0 Å². The third-order valence-corrected chi connectivity index (χ3v) is 4.34. The van der Waals surface area contributed by atoms with Crippen molar-refractivity contribution in [2.24, 2.45) is 0 Å². The Morgan fingerprint density at radius 1 is 1.37 bits per heavy atom. The summed E-state index contributed by atoms with van der Waals surface area (Å²) in [6.07, 6.45) is 5.58. The van der Waals surface area contributed by atoms with E-state index in [2.05, 4.69) is 15.2 Å². The molecule has 0 spiro atoms. The van der Waals surface area contributed by atoms with Crippen molar-refractivity contribution >= 4 is 17.7 Å². The van der Waals surface area contributed by atoms with Crippen LogP contribution in [0.4, 0.5) is 0 Å².